The molecule has 0 radical (unpaired) electrons. The third kappa shape index (κ3) is 6.03. The molecule has 5 nitrogen and oxygen atoms in total. The van der Waals surface area contributed by atoms with Gasteiger partial charge in [-0.1, -0.05) is 32.5 Å². The van der Waals surface area contributed by atoms with Crippen molar-refractivity contribution in [1.29, 1.82) is 0 Å². The number of aliphatic hydroxyl groups excluding tert-OH is 1. The van der Waals surface area contributed by atoms with Crippen molar-refractivity contribution in [2.45, 2.75) is 56.9 Å². The minimum absolute atomic E-state index is 0.108. The highest BCUT2D eigenvalue weighted by Gasteiger charge is 2.33. The van der Waals surface area contributed by atoms with Crippen LogP contribution in [0.5, 0.6) is 5.88 Å². The van der Waals surface area contributed by atoms with E-state index in [4.69, 9.17) is 17.0 Å². The second kappa shape index (κ2) is 8.27. The molecule has 1 aromatic rings. The number of pyridine rings is 1. The number of aliphatic hydroxyl groups is 1. The standard InChI is InChI=1S/C17H29N3O2SSi/c1-24(2,3)11-10-22-15-7-6-14(12-18-15)19-16(23)20-17(13-21)8-4-5-9-17/h6-7,12,21H,4-5,8-11,13H2,1-3H3,(H2,19,20,23). The molecule has 1 saturated carbocycles. The molecular weight excluding hydrogens is 338 g/mol. The van der Waals surface area contributed by atoms with Gasteiger partial charge in [-0.3, -0.25) is 0 Å². The molecule has 0 bridgehead atoms. The molecule has 0 amide bonds. The molecule has 3 N–H and O–H groups in total. The van der Waals surface area contributed by atoms with E-state index >= 15 is 0 Å². The maximum absolute atomic E-state index is 9.63. The fraction of sp³-hybridized carbons (Fsp3) is 0.647. The highest BCUT2D eigenvalue weighted by atomic mass is 32.1. The third-order valence-corrected chi connectivity index (χ3v) is 6.25. The van der Waals surface area contributed by atoms with Crippen LogP contribution in [-0.4, -0.2) is 42.0 Å². The van der Waals surface area contributed by atoms with Crippen LogP contribution in [0.25, 0.3) is 0 Å². The van der Waals surface area contributed by atoms with E-state index in [0.29, 0.717) is 17.6 Å². The van der Waals surface area contributed by atoms with Gasteiger partial charge in [0.2, 0.25) is 5.88 Å². The summed E-state index contributed by atoms with van der Waals surface area (Å²) in [7, 11) is -1.08. The van der Waals surface area contributed by atoms with Crippen molar-refractivity contribution in [3.05, 3.63) is 18.3 Å². The molecule has 0 spiro atoms. The Morgan fingerprint density at radius 2 is 2.04 bits per heavy atom. The minimum Gasteiger partial charge on any atom is -0.478 e. The fourth-order valence-electron chi connectivity index (χ4n) is 2.78. The van der Waals surface area contributed by atoms with Crippen molar-refractivity contribution in [1.82, 2.24) is 10.3 Å². The zero-order chi connectivity index (χ0) is 17.6. The summed E-state index contributed by atoms with van der Waals surface area (Å²) in [5.41, 5.74) is 0.549. The van der Waals surface area contributed by atoms with E-state index in [1.807, 2.05) is 12.1 Å². The van der Waals surface area contributed by atoms with Gasteiger partial charge in [0, 0.05) is 14.1 Å². The van der Waals surface area contributed by atoms with Gasteiger partial charge in [0.05, 0.1) is 30.6 Å². The lowest BCUT2D eigenvalue weighted by Crippen LogP contribution is -2.50. The number of nitrogens with zero attached hydrogens (tertiary/aromatic N) is 1. The zero-order valence-corrected chi connectivity index (χ0v) is 16.7. The lowest BCUT2D eigenvalue weighted by molar-refractivity contribution is 0.183. The number of aromatic nitrogens is 1. The van der Waals surface area contributed by atoms with Crippen LogP contribution in [0.1, 0.15) is 25.7 Å². The number of hydrogen-bond donors (Lipinski definition) is 3. The van der Waals surface area contributed by atoms with Gasteiger partial charge in [-0.2, -0.15) is 0 Å². The fourth-order valence-corrected chi connectivity index (χ4v) is 3.83. The number of thiocarbonyl (C=S) groups is 1. The van der Waals surface area contributed by atoms with Gasteiger partial charge < -0.3 is 20.5 Å². The van der Waals surface area contributed by atoms with E-state index in [1.165, 1.54) is 0 Å². The average Bonchev–Trinajstić information content (AvgIpc) is 2.97. The Morgan fingerprint density at radius 3 is 2.58 bits per heavy atom. The molecule has 0 aromatic carbocycles. The van der Waals surface area contributed by atoms with Crippen molar-refractivity contribution >= 4 is 31.1 Å². The second-order valence-corrected chi connectivity index (χ2v) is 13.8. The number of ether oxygens (including phenoxy) is 1. The maximum atomic E-state index is 9.63. The first-order valence-electron chi connectivity index (χ1n) is 8.61. The molecule has 0 saturated heterocycles. The van der Waals surface area contributed by atoms with Gasteiger partial charge in [0.1, 0.15) is 0 Å². The Bertz CT molecular complexity index is 540. The molecule has 0 unspecified atom stereocenters. The van der Waals surface area contributed by atoms with E-state index in [0.717, 1.165) is 37.4 Å². The summed E-state index contributed by atoms with van der Waals surface area (Å²) in [5.74, 6) is 0.639. The molecule has 24 heavy (non-hydrogen) atoms. The topological polar surface area (TPSA) is 66.4 Å². The van der Waals surface area contributed by atoms with E-state index in [-0.39, 0.29) is 12.1 Å². The van der Waals surface area contributed by atoms with Crippen LogP contribution < -0.4 is 15.4 Å². The molecule has 1 fully saturated rings. The SMILES string of the molecule is C[Si](C)(C)CCOc1ccc(NC(=S)NC2(CO)CCCC2)cn1. The lowest BCUT2D eigenvalue weighted by atomic mass is 9.99. The number of rotatable bonds is 7. The zero-order valence-electron chi connectivity index (χ0n) is 14.9. The van der Waals surface area contributed by atoms with Crippen molar-refractivity contribution in [3.8, 4) is 5.88 Å². The number of hydrogen-bond acceptors (Lipinski definition) is 4. The van der Waals surface area contributed by atoms with Crippen LogP contribution in [0.15, 0.2) is 18.3 Å². The molecule has 134 valence electrons. The van der Waals surface area contributed by atoms with Crippen LogP contribution in [0.3, 0.4) is 0 Å². The monoisotopic (exact) mass is 367 g/mol. The predicted octanol–water partition coefficient (Wildman–Crippen LogP) is 3.39. The summed E-state index contributed by atoms with van der Waals surface area (Å²) in [4.78, 5) is 4.31. The summed E-state index contributed by atoms with van der Waals surface area (Å²) < 4.78 is 5.70. The first-order chi connectivity index (χ1) is 11.3. The molecule has 0 atom stereocenters. The van der Waals surface area contributed by atoms with Crippen molar-refractivity contribution in [2.75, 3.05) is 18.5 Å². The number of nitrogens with one attached hydrogen (secondary N) is 2. The Labute approximate surface area is 151 Å². The van der Waals surface area contributed by atoms with Crippen molar-refractivity contribution in [2.24, 2.45) is 0 Å². The molecule has 0 aliphatic heterocycles. The molecule has 1 aromatic heterocycles. The van der Waals surface area contributed by atoms with E-state index in [1.54, 1.807) is 6.20 Å². The highest BCUT2D eigenvalue weighted by Crippen LogP contribution is 2.29. The average molecular weight is 368 g/mol. The summed E-state index contributed by atoms with van der Waals surface area (Å²) in [5, 5.41) is 16.6. The van der Waals surface area contributed by atoms with Gasteiger partial charge in [0.15, 0.2) is 5.11 Å². The molecule has 1 heterocycles. The van der Waals surface area contributed by atoms with Crippen LogP contribution in [0.2, 0.25) is 25.7 Å². The summed E-state index contributed by atoms with van der Waals surface area (Å²) >= 11 is 5.37. The molecular formula is C17H29N3O2SSi. The van der Waals surface area contributed by atoms with Gasteiger partial charge in [-0.15, -0.1) is 0 Å². The van der Waals surface area contributed by atoms with Crippen LogP contribution in [0, 0.1) is 0 Å². The largest absolute Gasteiger partial charge is 0.478 e. The van der Waals surface area contributed by atoms with Gasteiger partial charge in [0.25, 0.3) is 0 Å². The normalized spacial score (nSPS) is 16.7. The second-order valence-electron chi connectivity index (χ2n) is 7.77. The van der Waals surface area contributed by atoms with E-state index < -0.39 is 8.07 Å². The van der Waals surface area contributed by atoms with Crippen LogP contribution in [0.4, 0.5) is 5.69 Å². The Kier molecular flexibility index (Phi) is 6.60. The summed E-state index contributed by atoms with van der Waals surface area (Å²) in [6.45, 7) is 7.81. The van der Waals surface area contributed by atoms with Crippen LogP contribution >= 0.6 is 12.2 Å². The van der Waals surface area contributed by atoms with Crippen LogP contribution in [-0.2, 0) is 0 Å². The predicted molar refractivity (Wildman–Crippen MR) is 106 cm³/mol. The first kappa shape index (κ1) is 19.1. The Balaban J connectivity index is 1.81. The Hall–Kier alpha value is -1.18. The molecule has 1 aliphatic rings. The van der Waals surface area contributed by atoms with Gasteiger partial charge in [-0.05, 0) is 37.2 Å². The smallest absolute Gasteiger partial charge is 0.213 e. The maximum Gasteiger partial charge on any atom is 0.213 e. The van der Waals surface area contributed by atoms with Gasteiger partial charge in [-0.25, -0.2) is 4.98 Å². The molecule has 7 heteroatoms. The molecule has 1 aliphatic carbocycles. The van der Waals surface area contributed by atoms with Crippen molar-refractivity contribution in [3.63, 3.8) is 0 Å². The minimum atomic E-state index is -1.08. The highest BCUT2D eigenvalue weighted by molar-refractivity contribution is 7.80. The third-order valence-electron chi connectivity index (χ3n) is 4.34. The van der Waals surface area contributed by atoms with E-state index in [9.17, 15) is 5.11 Å². The molecule has 2 rings (SSSR count). The summed E-state index contributed by atoms with van der Waals surface area (Å²) in [6.07, 6.45) is 5.88. The quantitative estimate of drug-likeness (QED) is 0.507. The van der Waals surface area contributed by atoms with E-state index in [2.05, 4.69) is 35.3 Å². The van der Waals surface area contributed by atoms with Crippen molar-refractivity contribution < 1.29 is 9.84 Å². The Morgan fingerprint density at radius 1 is 1.33 bits per heavy atom. The number of anilines is 1. The first-order valence-corrected chi connectivity index (χ1v) is 12.7. The summed E-state index contributed by atoms with van der Waals surface area (Å²) in [6, 6.07) is 4.88. The lowest BCUT2D eigenvalue weighted by Gasteiger charge is -2.29. The van der Waals surface area contributed by atoms with Gasteiger partial charge >= 0.3 is 0 Å².